The third kappa shape index (κ3) is 4.59. The minimum atomic E-state index is -0.240. The molecule has 0 aliphatic rings. The van der Waals surface area contributed by atoms with Gasteiger partial charge in [0.25, 0.3) is 0 Å². The van der Waals surface area contributed by atoms with E-state index in [1.807, 2.05) is 5.38 Å². The topological polar surface area (TPSA) is 68.0 Å². The quantitative estimate of drug-likeness (QED) is 0.655. The molecule has 5 heteroatoms. The molecule has 72 valence electrons. The highest BCUT2D eigenvalue weighted by atomic mass is 32.1. The summed E-state index contributed by atoms with van der Waals surface area (Å²) in [7, 11) is 0. The SMILES string of the molecule is NC(=O)CCCNCc1cscn1. The average molecular weight is 199 g/mol. The predicted molar refractivity (Wildman–Crippen MR) is 52.2 cm³/mol. The van der Waals surface area contributed by atoms with Crippen molar-refractivity contribution in [1.82, 2.24) is 10.3 Å². The molecule has 4 nitrogen and oxygen atoms in total. The minimum absolute atomic E-state index is 0.240. The number of carbonyl (C=O) groups is 1. The van der Waals surface area contributed by atoms with Crippen molar-refractivity contribution < 1.29 is 4.79 Å². The normalized spacial score (nSPS) is 10.2. The van der Waals surface area contributed by atoms with Crippen LogP contribution in [0.3, 0.4) is 0 Å². The van der Waals surface area contributed by atoms with Gasteiger partial charge in [0.2, 0.25) is 5.91 Å². The van der Waals surface area contributed by atoms with Crippen LogP contribution in [0.5, 0.6) is 0 Å². The third-order valence-corrected chi connectivity index (χ3v) is 2.20. The van der Waals surface area contributed by atoms with Gasteiger partial charge in [0.1, 0.15) is 0 Å². The molecule has 0 radical (unpaired) electrons. The molecular formula is C8H13N3OS. The molecule has 0 fully saturated rings. The highest BCUT2D eigenvalue weighted by Gasteiger charge is 1.95. The first kappa shape index (κ1) is 10.1. The number of thiazole rings is 1. The molecule has 3 N–H and O–H groups in total. The lowest BCUT2D eigenvalue weighted by molar-refractivity contribution is -0.118. The van der Waals surface area contributed by atoms with E-state index in [1.165, 1.54) is 0 Å². The number of amides is 1. The second-order valence-electron chi connectivity index (χ2n) is 2.73. The van der Waals surface area contributed by atoms with Gasteiger partial charge in [-0.25, -0.2) is 4.98 Å². The van der Waals surface area contributed by atoms with E-state index in [0.717, 1.165) is 25.2 Å². The highest BCUT2D eigenvalue weighted by molar-refractivity contribution is 7.07. The van der Waals surface area contributed by atoms with Crippen molar-refractivity contribution in [2.75, 3.05) is 6.54 Å². The van der Waals surface area contributed by atoms with Crippen LogP contribution >= 0.6 is 11.3 Å². The molecule has 0 saturated carbocycles. The van der Waals surface area contributed by atoms with Crippen molar-refractivity contribution >= 4 is 17.2 Å². The van der Waals surface area contributed by atoms with Crippen LogP contribution in [0.2, 0.25) is 0 Å². The van der Waals surface area contributed by atoms with Crippen LogP contribution in [-0.2, 0) is 11.3 Å². The number of nitrogens with one attached hydrogen (secondary N) is 1. The molecule has 0 bridgehead atoms. The van der Waals surface area contributed by atoms with Crippen LogP contribution < -0.4 is 11.1 Å². The molecule has 0 saturated heterocycles. The van der Waals surface area contributed by atoms with Crippen molar-refractivity contribution in [3.05, 3.63) is 16.6 Å². The Morgan fingerprint density at radius 1 is 1.69 bits per heavy atom. The van der Waals surface area contributed by atoms with Gasteiger partial charge in [0.15, 0.2) is 0 Å². The van der Waals surface area contributed by atoms with Crippen LogP contribution in [0.1, 0.15) is 18.5 Å². The van der Waals surface area contributed by atoms with Crippen LogP contribution in [0.4, 0.5) is 0 Å². The van der Waals surface area contributed by atoms with Crippen LogP contribution in [-0.4, -0.2) is 17.4 Å². The number of rotatable bonds is 6. The summed E-state index contributed by atoms with van der Waals surface area (Å²) in [6.45, 7) is 1.57. The molecule has 1 heterocycles. The van der Waals surface area contributed by atoms with E-state index in [2.05, 4.69) is 10.3 Å². The fraction of sp³-hybridized carbons (Fsp3) is 0.500. The van der Waals surface area contributed by atoms with Crippen LogP contribution in [0.15, 0.2) is 10.9 Å². The molecule has 0 aromatic carbocycles. The Kier molecular flexibility index (Phi) is 4.42. The Bertz CT molecular complexity index is 248. The average Bonchev–Trinajstić information content (AvgIpc) is 2.55. The van der Waals surface area contributed by atoms with E-state index in [0.29, 0.717) is 6.42 Å². The van der Waals surface area contributed by atoms with Gasteiger partial charge in [-0.05, 0) is 13.0 Å². The second-order valence-corrected chi connectivity index (χ2v) is 3.45. The standard InChI is InChI=1S/C8H13N3OS/c9-8(12)2-1-3-10-4-7-5-13-6-11-7/h5-6,10H,1-4H2,(H2,9,12). The first-order chi connectivity index (χ1) is 6.29. The van der Waals surface area contributed by atoms with E-state index in [1.54, 1.807) is 16.8 Å². The Hall–Kier alpha value is -0.940. The van der Waals surface area contributed by atoms with Gasteiger partial charge in [0, 0.05) is 18.3 Å². The maximum atomic E-state index is 10.4. The maximum Gasteiger partial charge on any atom is 0.217 e. The Balaban J connectivity index is 1.99. The summed E-state index contributed by atoms with van der Waals surface area (Å²) in [6, 6.07) is 0. The lowest BCUT2D eigenvalue weighted by Gasteiger charge is -2.00. The van der Waals surface area contributed by atoms with Crippen molar-refractivity contribution in [2.45, 2.75) is 19.4 Å². The molecular weight excluding hydrogens is 186 g/mol. The summed E-state index contributed by atoms with van der Waals surface area (Å²) in [5.41, 5.74) is 7.84. The van der Waals surface area contributed by atoms with E-state index >= 15 is 0 Å². The first-order valence-electron chi connectivity index (χ1n) is 4.15. The van der Waals surface area contributed by atoms with E-state index < -0.39 is 0 Å². The summed E-state index contributed by atoms with van der Waals surface area (Å²) in [5, 5.41) is 5.18. The molecule has 0 atom stereocenters. The Morgan fingerprint density at radius 3 is 3.15 bits per heavy atom. The van der Waals surface area contributed by atoms with Crippen LogP contribution in [0, 0.1) is 0 Å². The summed E-state index contributed by atoms with van der Waals surface area (Å²) < 4.78 is 0. The van der Waals surface area contributed by atoms with Gasteiger partial charge in [-0.15, -0.1) is 11.3 Å². The molecule has 1 aromatic heterocycles. The lowest BCUT2D eigenvalue weighted by atomic mass is 10.3. The molecule has 13 heavy (non-hydrogen) atoms. The predicted octanol–water partition coefficient (Wildman–Crippen LogP) is 0.498. The Morgan fingerprint density at radius 2 is 2.54 bits per heavy atom. The zero-order valence-electron chi connectivity index (χ0n) is 7.32. The molecule has 0 spiro atoms. The van der Waals surface area contributed by atoms with E-state index in [4.69, 9.17) is 5.73 Å². The largest absolute Gasteiger partial charge is 0.370 e. The third-order valence-electron chi connectivity index (χ3n) is 1.57. The van der Waals surface area contributed by atoms with E-state index in [-0.39, 0.29) is 5.91 Å². The van der Waals surface area contributed by atoms with Crippen molar-refractivity contribution in [2.24, 2.45) is 5.73 Å². The van der Waals surface area contributed by atoms with Crippen molar-refractivity contribution in [3.63, 3.8) is 0 Å². The van der Waals surface area contributed by atoms with Gasteiger partial charge < -0.3 is 11.1 Å². The molecule has 1 amide bonds. The number of nitrogens with two attached hydrogens (primary N) is 1. The second kappa shape index (κ2) is 5.66. The number of nitrogens with zero attached hydrogens (tertiary/aromatic N) is 1. The number of aromatic nitrogens is 1. The minimum Gasteiger partial charge on any atom is -0.370 e. The van der Waals surface area contributed by atoms with Gasteiger partial charge >= 0.3 is 0 Å². The summed E-state index contributed by atoms with van der Waals surface area (Å²) in [5.74, 6) is -0.240. The molecule has 0 aliphatic heterocycles. The van der Waals surface area contributed by atoms with E-state index in [9.17, 15) is 4.79 Å². The summed E-state index contributed by atoms with van der Waals surface area (Å²) in [6.07, 6.45) is 1.24. The molecule has 1 rings (SSSR count). The first-order valence-corrected chi connectivity index (χ1v) is 5.09. The van der Waals surface area contributed by atoms with Gasteiger partial charge in [-0.3, -0.25) is 4.79 Å². The summed E-state index contributed by atoms with van der Waals surface area (Å²) >= 11 is 1.58. The Labute approximate surface area is 81.2 Å². The maximum absolute atomic E-state index is 10.4. The lowest BCUT2D eigenvalue weighted by Crippen LogP contribution is -2.18. The molecule has 0 aliphatic carbocycles. The smallest absolute Gasteiger partial charge is 0.217 e. The van der Waals surface area contributed by atoms with Gasteiger partial charge in [-0.1, -0.05) is 0 Å². The zero-order valence-corrected chi connectivity index (χ0v) is 8.14. The van der Waals surface area contributed by atoms with Gasteiger partial charge in [-0.2, -0.15) is 0 Å². The van der Waals surface area contributed by atoms with Crippen molar-refractivity contribution in [3.8, 4) is 0 Å². The van der Waals surface area contributed by atoms with Crippen LogP contribution in [0.25, 0.3) is 0 Å². The number of carbonyl (C=O) groups excluding carboxylic acids is 1. The highest BCUT2D eigenvalue weighted by Crippen LogP contribution is 1.99. The number of hydrogen-bond acceptors (Lipinski definition) is 4. The van der Waals surface area contributed by atoms with Gasteiger partial charge in [0.05, 0.1) is 11.2 Å². The monoisotopic (exact) mass is 199 g/mol. The fourth-order valence-electron chi connectivity index (χ4n) is 0.929. The zero-order chi connectivity index (χ0) is 9.52. The fourth-order valence-corrected chi connectivity index (χ4v) is 1.49. The number of primary amides is 1. The van der Waals surface area contributed by atoms with Crippen molar-refractivity contribution in [1.29, 1.82) is 0 Å². The molecule has 1 aromatic rings. The summed E-state index contributed by atoms with van der Waals surface area (Å²) in [4.78, 5) is 14.5. The number of hydrogen-bond donors (Lipinski definition) is 2. The molecule has 0 unspecified atom stereocenters.